The van der Waals surface area contributed by atoms with Crippen molar-refractivity contribution in [3.05, 3.63) is 83.4 Å². The van der Waals surface area contributed by atoms with E-state index in [2.05, 4.69) is 36.2 Å². The van der Waals surface area contributed by atoms with Crippen LogP contribution in [0.25, 0.3) is 0 Å². The molecule has 5 N–H and O–H groups in total. The molecule has 250 valence electrons. The van der Waals surface area contributed by atoms with Crippen LogP contribution in [0.1, 0.15) is 80.9 Å². The van der Waals surface area contributed by atoms with Crippen molar-refractivity contribution in [1.82, 2.24) is 5.32 Å². The van der Waals surface area contributed by atoms with Crippen LogP contribution in [-0.4, -0.2) is 52.5 Å². The van der Waals surface area contributed by atoms with Crippen molar-refractivity contribution in [2.75, 3.05) is 20.2 Å². The number of benzene rings is 3. The molecule has 0 unspecified atom stereocenters. The van der Waals surface area contributed by atoms with E-state index in [1.165, 1.54) is 13.2 Å². The van der Waals surface area contributed by atoms with Crippen molar-refractivity contribution < 1.29 is 30.0 Å². The number of carbonyl (C=O) groups is 1. The lowest BCUT2D eigenvalue weighted by Gasteiger charge is -2.48. The molecule has 0 saturated heterocycles. The number of aromatic hydroxyl groups is 3. The number of methoxy groups -OCH3 is 1. The molecule has 47 heavy (non-hydrogen) atoms. The maximum absolute atomic E-state index is 13.9. The second-order valence-corrected chi connectivity index (χ2v) is 13.5. The van der Waals surface area contributed by atoms with Gasteiger partial charge in [0.15, 0.2) is 23.0 Å². The van der Waals surface area contributed by atoms with E-state index in [-0.39, 0.29) is 53.6 Å². The van der Waals surface area contributed by atoms with Crippen molar-refractivity contribution in [2.24, 2.45) is 17.8 Å². The molecule has 3 aromatic carbocycles. The highest BCUT2D eigenvalue weighted by Crippen LogP contribution is 2.51. The zero-order chi connectivity index (χ0) is 33.4. The molecule has 7 heteroatoms. The minimum absolute atomic E-state index is 0.000684. The van der Waals surface area contributed by atoms with E-state index in [4.69, 9.17) is 4.74 Å². The van der Waals surface area contributed by atoms with Crippen LogP contribution in [0.4, 0.5) is 0 Å². The van der Waals surface area contributed by atoms with Gasteiger partial charge in [-0.05, 0) is 92.1 Å². The Morgan fingerprint density at radius 2 is 1.77 bits per heavy atom. The molecule has 5 rings (SSSR count). The second-order valence-electron chi connectivity index (χ2n) is 13.5. The van der Waals surface area contributed by atoms with Crippen LogP contribution in [0.5, 0.6) is 23.0 Å². The van der Waals surface area contributed by atoms with Crippen LogP contribution in [0.2, 0.25) is 0 Å². The topological polar surface area (TPSA) is 119 Å². The molecule has 1 fully saturated rings. The largest absolute Gasteiger partial charge is 0.504 e. The highest BCUT2D eigenvalue weighted by molar-refractivity contribution is 5.80. The van der Waals surface area contributed by atoms with E-state index in [0.717, 1.165) is 61.9 Å². The van der Waals surface area contributed by atoms with Crippen LogP contribution in [0.15, 0.2) is 66.7 Å². The summed E-state index contributed by atoms with van der Waals surface area (Å²) in [4.78, 5) is 13.9. The average molecular weight is 640 g/mol. The molecule has 7 nitrogen and oxygen atoms in total. The zero-order valence-electron chi connectivity index (χ0n) is 27.6. The predicted octanol–water partition coefficient (Wildman–Crippen LogP) is 6.62. The van der Waals surface area contributed by atoms with E-state index in [0.29, 0.717) is 24.5 Å². The van der Waals surface area contributed by atoms with Gasteiger partial charge in [0.1, 0.15) is 5.78 Å². The first-order valence-corrected chi connectivity index (χ1v) is 17.1. The number of ketones is 1. The quantitative estimate of drug-likeness (QED) is 0.0962. The Balaban J connectivity index is 1.57. The number of rotatable bonds is 10. The molecule has 0 radical (unpaired) electrons. The number of ether oxygens (including phenoxy) is 1. The normalized spacial score (nSPS) is 26.6. The van der Waals surface area contributed by atoms with Gasteiger partial charge in [-0.3, -0.25) is 4.79 Å². The Morgan fingerprint density at radius 1 is 0.979 bits per heavy atom. The van der Waals surface area contributed by atoms with E-state index < -0.39 is 11.5 Å². The summed E-state index contributed by atoms with van der Waals surface area (Å²) in [5.41, 5.74) is 2.32. The fourth-order valence-corrected chi connectivity index (χ4v) is 8.01. The van der Waals surface area contributed by atoms with Crippen LogP contribution in [0, 0.1) is 29.6 Å². The molecule has 1 saturated carbocycles. The number of aliphatic hydroxyl groups is 1. The number of carbonyl (C=O) groups excluding carboxylic acids is 1. The number of phenolic OH excluding ortho intramolecular Hbond substituents is 3. The molecule has 0 spiro atoms. The Labute approximate surface area is 279 Å². The van der Waals surface area contributed by atoms with Crippen molar-refractivity contribution in [1.29, 1.82) is 0 Å². The number of hydrogen-bond acceptors (Lipinski definition) is 7. The van der Waals surface area contributed by atoms with Gasteiger partial charge in [-0.25, -0.2) is 0 Å². The summed E-state index contributed by atoms with van der Waals surface area (Å²) in [6, 6.07) is 20.4. The summed E-state index contributed by atoms with van der Waals surface area (Å²) in [6.07, 6.45) is 4.94. The van der Waals surface area contributed by atoms with Gasteiger partial charge in [-0.2, -0.15) is 0 Å². The molecule has 0 bridgehead atoms. The van der Waals surface area contributed by atoms with Crippen LogP contribution in [-0.2, 0) is 16.6 Å². The molecular weight excluding hydrogens is 590 g/mol. The third-order valence-corrected chi connectivity index (χ3v) is 10.4. The van der Waals surface area contributed by atoms with Crippen molar-refractivity contribution in [2.45, 2.75) is 82.1 Å². The van der Waals surface area contributed by atoms with Crippen LogP contribution in [0.3, 0.4) is 0 Å². The van der Waals surface area contributed by atoms with E-state index in [1.807, 2.05) is 30.3 Å². The monoisotopic (exact) mass is 639 g/mol. The number of Topliss-reactive ketones (excluding diaryl/α,β-unsaturated/α-hetero) is 1. The number of nitrogens with one attached hydrogen (secondary N) is 1. The van der Waals surface area contributed by atoms with E-state index in [1.54, 1.807) is 18.2 Å². The van der Waals surface area contributed by atoms with Crippen molar-refractivity contribution in [3.8, 4) is 34.8 Å². The molecule has 0 aromatic heterocycles. The lowest BCUT2D eigenvalue weighted by molar-refractivity contribution is -0.123. The SMILES string of the molecule is CCCNC[C@H]1CCC[C@](c2ccc(O)c(O)c2)([C@H]2CC#C[C@@H](Cc3ccccc3)[C@H](c3ccc(O)c(OC)c3)CC(=O)C[C@@H]2O)C1. The highest BCUT2D eigenvalue weighted by atomic mass is 16.5. The molecule has 3 aromatic rings. The summed E-state index contributed by atoms with van der Waals surface area (Å²) < 4.78 is 5.42. The van der Waals surface area contributed by atoms with Gasteiger partial charge in [0.05, 0.1) is 13.2 Å². The van der Waals surface area contributed by atoms with Gasteiger partial charge >= 0.3 is 0 Å². The molecule has 6 atom stereocenters. The standard InChI is InChI=1S/C40H49NO6/c1-3-19-41-26-28-11-8-18-40(25-28,31-15-17-35(43)38(46)22-31)34-13-7-12-29(20-27-9-5-4-6-10-27)33(23-32(42)24-37(34)45)30-14-16-36(44)39(21-30)47-2/h4-6,9-10,14-17,21-22,28-29,33-34,37,41,43-46H,3,8,11,13,18-20,23-26H2,1-2H3/t28-,29-,33+,34-,37-,40-/m0/s1. The Hall–Kier alpha value is -3.99. The maximum Gasteiger partial charge on any atom is 0.160 e. The van der Waals surface area contributed by atoms with Crippen LogP contribution >= 0.6 is 0 Å². The zero-order valence-corrected chi connectivity index (χ0v) is 27.6. The van der Waals surface area contributed by atoms with Crippen molar-refractivity contribution in [3.63, 3.8) is 0 Å². The summed E-state index contributed by atoms with van der Waals surface area (Å²) in [5, 5.41) is 46.6. The third kappa shape index (κ3) is 8.12. The predicted molar refractivity (Wildman–Crippen MR) is 184 cm³/mol. The van der Waals surface area contributed by atoms with E-state index in [9.17, 15) is 25.2 Å². The minimum Gasteiger partial charge on any atom is -0.504 e. The first-order valence-electron chi connectivity index (χ1n) is 17.1. The first kappa shape index (κ1) is 34.3. The van der Waals surface area contributed by atoms with Gasteiger partial charge < -0.3 is 30.5 Å². The van der Waals surface area contributed by atoms with Crippen LogP contribution < -0.4 is 10.1 Å². The summed E-state index contributed by atoms with van der Waals surface area (Å²) >= 11 is 0. The second kappa shape index (κ2) is 15.7. The minimum atomic E-state index is -0.934. The maximum atomic E-state index is 13.9. The third-order valence-electron chi connectivity index (χ3n) is 10.4. The lowest BCUT2D eigenvalue weighted by Crippen LogP contribution is -2.47. The highest BCUT2D eigenvalue weighted by Gasteiger charge is 2.47. The molecule has 0 amide bonds. The summed E-state index contributed by atoms with van der Waals surface area (Å²) in [7, 11) is 1.51. The summed E-state index contributed by atoms with van der Waals surface area (Å²) in [5.74, 6) is 6.62. The van der Waals surface area contributed by atoms with Gasteiger partial charge in [-0.15, -0.1) is 5.92 Å². The molecular formula is C40H49NO6. The smallest absolute Gasteiger partial charge is 0.160 e. The molecule has 2 aliphatic rings. The first-order chi connectivity index (χ1) is 22.7. The van der Waals surface area contributed by atoms with Gasteiger partial charge in [0.25, 0.3) is 0 Å². The fourth-order valence-electron chi connectivity index (χ4n) is 8.01. The average Bonchev–Trinajstić information content (AvgIpc) is 3.07. The Kier molecular flexibility index (Phi) is 11.5. The molecule has 0 aliphatic heterocycles. The molecule has 2 aliphatic carbocycles. The van der Waals surface area contributed by atoms with Gasteiger partial charge in [-0.1, -0.05) is 61.7 Å². The summed E-state index contributed by atoms with van der Waals surface area (Å²) in [6.45, 7) is 3.95. The Bertz CT molecular complexity index is 1560. The van der Waals surface area contributed by atoms with Gasteiger partial charge in [0, 0.05) is 42.4 Å². The lowest BCUT2D eigenvalue weighted by atomic mass is 9.57. The van der Waals surface area contributed by atoms with Crippen molar-refractivity contribution >= 4 is 5.78 Å². The fraction of sp³-hybridized carbons (Fsp3) is 0.475. The van der Waals surface area contributed by atoms with E-state index >= 15 is 0 Å². The molecule has 0 heterocycles. The number of hydrogen-bond donors (Lipinski definition) is 5. The Morgan fingerprint density at radius 3 is 2.51 bits per heavy atom. The number of phenols is 3. The van der Waals surface area contributed by atoms with Gasteiger partial charge in [0.2, 0.25) is 0 Å². The number of aliphatic hydroxyl groups excluding tert-OH is 1.